The van der Waals surface area contributed by atoms with Crippen molar-refractivity contribution in [2.45, 2.75) is 6.54 Å². The zero-order valence-corrected chi connectivity index (χ0v) is 11.1. The summed E-state index contributed by atoms with van der Waals surface area (Å²) < 4.78 is 7.57. The summed E-state index contributed by atoms with van der Waals surface area (Å²) in [6.07, 6.45) is 1.60. The lowest BCUT2D eigenvalue weighted by atomic mass is 10.3. The van der Waals surface area contributed by atoms with Crippen LogP contribution >= 0.6 is 15.9 Å². The number of aryl methyl sites for hydroxylation is 1. The normalized spacial score (nSPS) is 10.5. The van der Waals surface area contributed by atoms with Crippen LogP contribution in [0.15, 0.2) is 33.5 Å². The summed E-state index contributed by atoms with van der Waals surface area (Å²) in [6.45, 7) is 0.426. The fraction of sp³-hybridized carbons (Fsp3) is 0.273. The highest BCUT2D eigenvalue weighted by Crippen LogP contribution is 2.16. The summed E-state index contributed by atoms with van der Waals surface area (Å²) in [6, 6.07) is 5.33. The summed E-state index contributed by atoms with van der Waals surface area (Å²) in [5, 5.41) is 3.97. The molecular weight excluding hydrogens is 286 g/mol. The SMILES string of the molecule is CN(Cc1ccc(Br)o1)C(=O)c1ccnn1C. The van der Waals surface area contributed by atoms with E-state index < -0.39 is 0 Å². The first-order valence-corrected chi connectivity index (χ1v) is 5.85. The minimum absolute atomic E-state index is 0.0856. The van der Waals surface area contributed by atoms with Gasteiger partial charge < -0.3 is 9.32 Å². The number of amides is 1. The fourth-order valence-corrected chi connectivity index (χ4v) is 1.86. The van der Waals surface area contributed by atoms with Crippen LogP contribution < -0.4 is 0 Å². The quantitative estimate of drug-likeness (QED) is 0.871. The van der Waals surface area contributed by atoms with Crippen molar-refractivity contribution in [1.82, 2.24) is 14.7 Å². The maximum atomic E-state index is 12.0. The molecule has 2 rings (SSSR count). The molecule has 90 valence electrons. The number of furan rings is 1. The van der Waals surface area contributed by atoms with Crippen molar-refractivity contribution in [2.75, 3.05) is 7.05 Å². The molecule has 5 nitrogen and oxygen atoms in total. The van der Waals surface area contributed by atoms with Gasteiger partial charge in [0.1, 0.15) is 11.5 Å². The van der Waals surface area contributed by atoms with Gasteiger partial charge in [0, 0.05) is 20.3 Å². The average molecular weight is 298 g/mol. The molecule has 2 heterocycles. The first kappa shape index (κ1) is 11.9. The molecule has 0 N–H and O–H groups in total. The van der Waals surface area contributed by atoms with E-state index in [2.05, 4.69) is 21.0 Å². The molecule has 0 radical (unpaired) electrons. The Bertz CT molecular complexity index is 532. The van der Waals surface area contributed by atoms with Crippen LogP contribution in [0.1, 0.15) is 16.2 Å². The predicted octanol–water partition coefficient (Wildman–Crippen LogP) is 2.05. The monoisotopic (exact) mass is 297 g/mol. The largest absolute Gasteiger partial charge is 0.452 e. The molecule has 0 atom stereocenters. The molecule has 0 aliphatic rings. The Morgan fingerprint density at radius 1 is 1.53 bits per heavy atom. The molecule has 1 amide bonds. The van der Waals surface area contributed by atoms with Crippen LogP contribution in [0.25, 0.3) is 0 Å². The maximum absolute atomic E-state index is 12.0. The second-order valence-corrected chi connectivity index (χ2v) is 4.49. The number of carbonyl (C=O) groups is 1. The summed E-state index contributed by atoms with van der Waals surface area (Å²) >= 11 is 3.23. The molecule has 2 aromatic rings. The van der Waals surface area contributed by atoms with Gasteiger partial charge in [-0.25, -0.2) is 0 Å². The van der Waals surface area contributed by atoms with E-state index in [0.29, 0.717) is 16.9 Å². The molecular formula is C11H12BrN3O2. The lowest BCUT2D eigenvalue weighted by Crippen LogP contribution is -2.27. The van der Waals surface area contributed by atoms with E-state index in [1.807, 2.05) is 6.07 Å². The zero-order valence-electron chi connectivity index (χ0n) is 9.55. The highest BCUT2D eigenvalue weighted by molar-refractivity contribution is 9.10. The van der Waals surface area contributed by atoms with Gasteiger partial charge in [-0.3, -0.25) is 9.48 Å². The highest BCUT2D eigenvalue weighted by Gasteiger charge is 2.16. The Balaban J connectivity index is 2.08. The molecule has 0 aliphatic carbocycles. The Morgan fingerprint density at radius 2 is 2.29 bits per heavy atom. The first-order valence-electron chi connectivity index (χ1n) is 5.05. The number of carbonyl (C=O) groups excluding carboxylic acids is 1. The molecule has 6 heteroatoms. The third-order valence-electron chi connectivity index (χ3n) is 2.41. The van der Waals surface area contributed by atoms with Gasteiger partial charge in [-0.2, -0.15) is 5.10 Å². The van der Waals surface area contributed by atoms with Gasteiger partial charge in [-0.1, -0.05) is 0 Å². The van der Waals surface area contributed by atoms with Crippen molar-refractivity contribution in [3.63, 3.8) is 0 Å². The van der Waals surface area contributed by atoms with E-state index in [1.165, 1.54) is 0 Å². The minimum atomic E-state index is -0.0856. The summed E-state index contributed by atoms with van der Waals surface area (Å²) in [4.78, 5) is 13.6. The van der Waals surface area contributed by atoms with Crippen LogP contribution in [0.2, 0.25) is 0 Å². The third-order valence-corrected chi connectivity index (χ3v) is 2.83. The van der Waals surface area contributed by atoms with E-state index in [4.69, 9.17) is 4.42 Å². The van der Waals surface area contributed by atoms with Gasteiger partial charge in [0.2, 0.25) is 0 Å². The van der Waals surface area contributed by atoms with E-state index >= 15 is 0 Å². The smallest absolute Gasteiger partial charge is 0.272 e. The van der Waals surface area contributed by atoms with Gasteiger partial charge in [0.25, 0.3) is 5.91 Å². The van der Waals surface area contributed by atoms with Crippen LogP contribution in [-0.2, 0) is 13.6 Å². The third kappa shape index (κ3) is 2.58. The number of halogens is 1. The van der Waals surface area contributed by atoms with Gasteiger partial charge in [0.05, 0.1) is 6.54 Å². The van der Waals surface area contributed by atoms with Crippen molar-refractivity contribution in [3.8, 4) is 0 Å². The molecule has 0 unspecified atom stereocenters. The minimum Gasteiger partial charge on any atom is -0.452 e. The number of nitrogens with zero attached hydrogens (tertiary/aromatic N) is 3. The molecule has 0 fully saturated rings. The molecule has 0 bridgehead atoms. The summed E-state index contributed by atoms with van der Waals surface area (Å²) in [5.74, 6) is 0.646. The van der Waals surface area contributed by atoms with Crippen LogP contribution in [0.3, 0.4) is 0 Å². The van der Waals surface area contributed by atoms with Gasteiger partial charge in [-0.05, 0) is 34.1 Å². The standard InChI is InChI=1S/C11H12BrN3O2/c1-14(7-8-3-4-10(12)17-8)11(16)9-5-6-13-15(9)2/h3-6H,7H2,1-2H3. The lowest BCUT2D eigenvalue weighted by molar-refractivity contribution is 0.0764. The van der Waals surface area contributed by atoms with E-state index in [0.717, 1.165) is 5.76 Å². The molecule has 0 aromatic carbocycles. The second-order valence-electron chi connectivity index (χ2n) is 3.71. The predicted molar refractivity (Wildman–Crippen MR) is 65.4 cm³/mol. The van der Waals surface area contributed by atoms with Crippen molar-refractivity contribution in [1.29, 1.82) is 0 Å². The van der Waals surface area contributed by atoms with E-state index in [9.17, 15) is 4.79 Å². The van der Waals surface area contributed by atoms with Crippen molar-refractivity contribution >= 4 is 21.8 Å². The number of rotatable bonds is 3. The molecule has 0 saturated heterocycles. The second kappa shape index (κ2) is 4.75. The summed E-state index contributed by atoms with van der Waals surface area (Å²) in [7, 11) is 3.47. The van der Waals surface area contributed by atoms with E-state index in [-0.39, 0.29) is 5.91 Å². The fourth-order valence-electron chi connectivity index (χ4n) is 1.52. The Hall–Kier alpha value is -1.56. The molecule has 0 aliphatic heterocycles. The zero-order chi connectivity index (χ0) is 12.4. The van der Waals surface area contributed by atoms with Gasteiger partial charge in [0.15, 0.2) is 4.67 Å². The van der Waals surface area contributed by atoms with Crippen LogP contribution in [-0.4, -0.2) is 27.6 Å². The molecule has 17 heavy (non-hydrogen) atoms. The summed E-state index contributed by atoms with van der Waals surface area (Å²) in [5.41, 5.74) is 0.554. The molecule has 0 saturated carbocycles. The van der Waals surface area contributed by atoms with Crippen molar-refractivity contribution in [3.05, 3.63) is 40.5 Å². The molecule has 0 spiro atoms. The van der Waals surface area contributed by atoms with Gasteiger partial charge in [-0.15, -0.1) is 0 Å². The Kier molecular flexibility index (Phi) is 3.33. The van der Waals surface area contributed by atoms with Crippen LogP contribution in [0, 0.1) is 0 Å². The average Bonchev–Trinajstić information content (AvgIpc) is 2.86. The molecule has 2 aromatic heterocycles. The first-order chi connectivity index (χ1) is 8.08. The number of hydrogen-bond donors (Lipinski definition) is 0. The Labute approximate surface area is 107 Å². The lowest BCUT2D eigenvalue weighted by Gasteiger charge is -2.15. The highest BCUT2D eigenvalue weighted by atomic mass is 79.9. The maximum Gasteiger partial charge on any atom is 0.272 e. The van der Waals surface area contributed by atoms with Gasteiger partial charge >= 0.3 is 0 Å². The van der Waals surface area contributed by atoms with Crippen molar-refractivity contribution in [2.24, 2.45) is 7.05 Å². The number of hydrogen-bond acceptors (Lipinski definition) is 3. The van der Waals surface area contributed by atoms with E-state index in [1.54, 1.807) is 42.0 Å². The number of aromatic nitrogens is 2. The van der Waals surface area contributed by atoms with Crippen LogP contribution in [0.4, 0.5) is 0 Å². The van der Waals surface area contributed by atoms with Crippen molar-refractivity contribution < 1.29 is 9.21 Å². The topological polar surface area (TPSA) is 51.3 Å². The van der Waals surface area contributed by atoms with Crippen LogP contribution in [0.5, 0.6) is 0 Å². The Morgan fingerprint density at radius 3 is 2.82 bits per heavy atom.